The number of hydrogen-bond acceptors (Lipinski definition) is 1. The summed E-state index contributed by atoms with van der Waals surface area (Å²) in [5, 5.41) is 8.59. The van der Waals surface area contributed by atoms with Crippen LogP contribution < -0.4 is 0 Å². The number of halogens is 1. The van der Waals surface area contributed by atoms with Crippen LogP contribution in [0.2, 0.25) is 0 Å². The molecule has 174 valence electrons. The molecule has 0 aliphatic carbocycles. The normalized spacial score (nSPS) is 11.2. The zero-order valence-electron chi connectivity index (χ0n) is 19.4. The molecule has 1 N–H and O–H groups in total. The van der Waals surface area contributed by atoms with Crippen LogP contribution in [-0.2, 0) is 4.79 Å². The zero-order chi connectivity index (χ0) is 21.3. The number of aliphatic carboxylic acids is 1. The zero-order valence-corrected chi connectivity index (χ0v) is 21.6. The first kappa shape index (κ1) is 29.2. The predicted octanol–water partition coefficient (Wildman–Crippen LogP) is 9.87. The Morgan fingerprint density at radius 3 is 0.828 bits per heavy atom. The van der Waals surface area contributed by atoms with Gasteiger partial charge in [-0.25, -0.2) is 0 Å². The molecule has 0 aromatic heterocycles. The molecule has 0 bridgehead atoms. The Morgan fingerprint density at radius 2 is 0.621 bits per heavy atom. The monoisotopic (exact) mass is 522 g/mol. The standard InChI is InChI=1S/C26H51IO2/c27-25-23-21-19-17-15-13-11-9-7-5-3-1-2-4-6-8-10-12-14-16-18-20-22-24-26(28)29/h1-25H2,(H,28,29). The average Bonchev–Trinajstić information content (AvgIpc) is 2.71. The van der Waals surface area contributed by atoms with Gasteiger partial charge in [0, 0.05) is 6.42 Å². The number of unbranched alkanes of at least 4 members (excludes halogenated alkanes) is 22. The minimum absolute atomic E-state index is 0.346. The number of carbonyl (C=O) groups is 1. The molecule has 0 aromatic rings. The number of carboxylic acid groups (broad SMARTS) is 1. The van der Waals surface area contributed by atoms with E-state index in [1.165, 1.54) is 139 Å². The molecule has 0 atom stereocenters. The quantitative estimate of drug-likeness (QED) is 0.0736. The molecule has 0 fully saturated rings. The molecule has 0 amide bonds. The van der Waals surface area contributed by atoms with Crippen molar-refractivity contribution in [3.05, 3.63) is 0 Å². The molecule has 0 aliphatic rings. The number of hydrogen-bond donors (Lipinski definition) is 1. The van der Waals surface area contributed by atoms with Crippen LogP contribution >= 0.6 is 22.6 Å². The Balaban J connectivity index is 2.99. The van der Waals surface area contributed by atoms with E-state index in [-0.39, 0.29) is 0 Å². The molecule has 0 heterocycles. The highest BCUT2D eigenvalue weighted by molar-refractivity contribution is 14.1. The molecule has 0 aliphatic heterocycles. The van der Waals surface area contributed by atoms with Gasteiger partial charge in [0.15, 0.2) is 0 Å². The van der Waals surface area contributed by atoms with Crippen LogP contribution in [0, 0.1) is 0 Å². The first-order valence-electron chi connectivity index (χ1n) is 13.0. The second kappa shape index (κ2) is 26.2. The smallest absolute Gasteiger partial charge is 0.303 e. The lowest BCUT2D eigenvalue weighted by molar-refractivity contribution is -0.137. The van der Waals surface area contributed by atoms with Crippen LogP contribution in [-0.4, -0.2) is 15.5 Å². The van der Waals surface area contributed by atoms with E-state index in [0.29, 0.717) is 6.42 Å². The van der Waals surface area contributed by atoms with E-state index in [4.69, 9.17) is 5.11 Å². The number of rotatable bonds is 25. The highest BCUT2D eigenvalue weighted by Gasteiger charge is 1.97. The minimum atomic E-state index is -0.649. The maximum Gasteiger partial charge on any atom is 0.303 e. The van der Waals surface area contributed by atoms with Crippen molar-refractivity contribution in [2.24, 2.45) is 0 Å². The molecule has 29 heavy (non-hydrogen) atoms. The minimum Gasteiger partial charge on any atom is -0.481 e. The summed E-state index contributed by atoms with van der Waals surface area (Å²) in [4.78, 5) is 10.4. The van der Waals surface area contributed by atoms with E-state index >= 15 is 0 Å². The molecule has 0 rings (SSSR count). The van der Waals surface area contributed by atoms with Gasteiger partial charge in [0.2, 0.25) is 0 Å². The van der Waals surface area contributed by atoms with Crippen molar-refractivity contribution in [1.82, 2.24) is 0 Å². The maximum absolute atomic E-state index is 10.4. The van der Waals surface area contributed by atoms with E-state index in [1.54, 1.807) is 0 Å². The van der Waals surface area contributed by atoms with E-state index in [9.17, 15) is 4.79 Å². The van der Waals surface area contributed by atoms with Crippen LogP contribution in [0.5, 0.6) is 0 Å². The van der Waals surface area contributed by atoms with Gasteiger partial charge >= 0.3 is 5.97 Å². The van der Waals surface area contributed by atoms with Crippen LogP contribution in [0.3, 0.4) is 0 Å². The first-order chi connectivity index (χ1) is 14.3. The van der Waals surface area contributed by atoms with Gasteiger partial charge in [-0.15, -0.1) is 0 Å². The highest BCUT2D eigenvalue weighted by atomic mass is 127. The second-order valence-corrected chi connectivity index (χ2v) is 10.0. The Hall–Kier alpha value is 0.200. The lowest BCUT2D eigenvalue weighted by Crippen LogP contribution is -1.93. The molecular weight excluding hydrogens is 471 g/mol. The van der Waals surface area contributed by atoms with Gasteiger partial charge < -0.3 is 5.11 Å². The van der Waals surface area contributed by atoms with Gasteiger partial charge in [-0.05, 0) is 17.3 Å². The van der Waals surface area contributed by atoms with Crippen LogP contribution in [0.4, 0.5) is 0 Å². The molecule has 0 aromatic carbocycles. The van der Waals surface area contributed by atoms with Crippen molar-refractivity contribution in [2.75, 3.05) is 4.43 Å². The number of alkyl halides is 1. The molecule has 0 spiro atoms. The summed E-state index contributed by atoms with van der Waals surface area (Å²) >= 11 is 2.49. The van der Waals surface area contributed by atoms with Gasteiger partial charge in [-0.3, -0.25) is 4.79 Å². The SMILES string of the molecule is O=C(O)CCCCCCCCCCCCCCCCCCCCCCCCCI. The molecule has 0 radical (unpaired) electrons. The van der Waals surface area contributed by atoms with Crippen molar-refractivity contribution >= 4 is 28.6 Å². The largest absolute Gasteiger partial charge is 0.481 e. The predicted molar refractivity (Wildman–Crippen MR) is 137 cm³/mol. The molecule has 0 unspecified atom stereocenters. The molecule has 2 nitrogen and oxygen atoms in total. The fourth-order valence-electron chi connectivity index (χ4n) is 4.08. The van der Waals surface area contributed by atoms with Crippen LogP contribution in [0.15, 0.2) is 0 Å². The van der Waals surface area contributed by atoms with Crippen molar-refractivity contribution in [3.63, 3.8) is 0 Å². The Kier molecular flexibility index (Phi) is 26.4. The fourth-order valence-corrected chi connectivity index (χ4v) is 4.62. The Morgan fingerprint density at radius 1 is 0.414 bits per heavy atom. The molecule has 0 saturated heterocycles. The Labute approximate surface area is 196 Å². The lowest BCUT2D eigenvalue weighted by Gasteiger charge is -2.04. The third-order valence-electron chi connectivity index (χ3n) is 6.02. The second-order valence-electron chi connectivity index (χ2n) is 8.96. The third kappa shape index (κ3) is 28.2. The van der Waals surface area contributed by atoms with Gasteiger partial charge in [-0.2, -0.15) is 0 Å². The summed E-state index contributed by atoms with van der Waals surface area (Å²) in [7, 11) is 0. The van der Waals surface area contributed by atoms with Gasteiger partial charge in [0.1, 0.15) is 0 Å². The third-order valence-corrected chi connectivity index (χ3v) is 6.79. The summed E-state index contributed by atoms with van der Waals surface area (Å²) in [6.45, 7) is 0. The van der Waals surface area contributed by atoms with E-state index in [2.05, 4.69) is 22.6 Å². The van der Waals surface area contributed by atoms with Crippen molar-refractivity contribution in [2.45, 2.75) is 154 Å². The first-order valence-corrected chi connectivity index (χ1v) is 14.6. The summed E-state index contributed by atoms with van der Waals surface area (Å²) in [5.74, 6) is -0.649. The fraction of sp³-hybridized carbons (Fsp3) is 0.962. The summed E-state index contributed by atoms with van der Waals surface area (Å²) < 4.78 is 1.33. The van der Waals surface area contributed by atoms with Crippen LogP contribution in [0.1, 0.15) is 154 Å². The van der Waals surface area contributed by atoms with E-state index in [1.807, 2.05) is 0 Å². The van der Waals surface area contributed by atoms with E-state index < -0.39 is 5.97 Å². The average molecular weight is 523 g/mol. The summed E-state index contributed by atoms with van der Waals surface area (Å²) in [6, 6.07) is 0. The van der Waals surface area contributed by atoms with Gasteiger partial charge in [-0.1, -0.05) is 157 Å². The van der Waals surface area contributed by atoms with Crippen molar-refractivity contribution < 1.29 is 9.90 Å². The highest BCUT2D eigenvalue weighted by Crippen LogP contribution is 2.15. The lowest BCUT2D eigenvalue weighted by atomic mass is 10.0. The molecule has 3 heteroatoms. The maximum atomic E-state index is 10.4. The van der Waals surface area contributed by atoms with Gasteiger partial charge in [0.05, 0.1) is 0 Å². The Bertz CT molecular complexity index is 320. The molecule has 0 saturated carbocycles. The molecular formula is C26H51IO2. The van der Waals surface area contributed by atoms with Crippen molar-refractivity contribution in [3.8, 4) is 0 Å². The number of carboxylic acids is 1. The van der Waals surface area contributed by atoms with E-state index in [0.717, 1.165) is 12.8 Å². The summed E-state index contributed by atoms with van der Waals surface area (Å²) in [5.41, 5.74) is 0. The van der Waals surface area contributed by atoms with Crippen LogP contribution in [0.25, 0.3) is 0 Å². The van der Waals surface area contributed by atoms with Gasteiger partial charge in [0.25, 0.3) is 0 Å². The summed E-state index contributed by atoms with van der Waals surface area (Å²) in [6.07, 6.45) is 32.1. The van der Waals surface area contributed by atoms with Crippen molar-refractivity contribution in [1.29, 1.82) is 0 Å². The topological polar surface area (TPSA) is 37.3 Å².